The molecular weight excluding hydrogens is 398 g/mol. The van der Waals surface area contributed by atoms with E-state index in [0.717, 1.165) is 24.3 Å². The molecule has 0 radical (unpaired) electrons. The zero-order chi connectivity index (χ0) is 21.3. The zero-order valence-electron chi connectivity index (χ0n) is 17.0. The van der Waals surface area contributed by atoms with Crippen LogP contribution in [-0.2, 0) is 14.3 Å². The molecule has 0 aliphatic carbocycles. The Morgan fingerprint density at radius 1 is 1.23 bits per heavy atom. The molecule has 1 aliphatic rings. The van der Waals surface area contributed by atoms with Crippen molar-refractivity contribution in [3.63, 3.8) is 0 Å². The summed E-state index contributed by atoms with van der Waals surface area (Å²) in [4.78, 5) is 30.7. The Kier molecular flexibility index (Phi) is 7.75. The number of ether oxygens (including phenoxy) is 1. The van der Waals surface area contributed by atoms with Gasteiger partial charge in [-0.15, -0.1) is 11.3 Å². The van der Waals surface area contributed by atoms with Crippen LogP contribution < -0.4 is 4.90 Å². The summed E-state index contributed by atoms with van der Waals surface area (Å²) < 4.78 is 5.01. The first-order valence-electron chi connectivity index (χ1n) is 10.1. The molecule has 6 nitrogen and oxygen atoms in total. The second-order valence-electron chi connectivity index (χ2n) is 7.29. The first-order valence-corrected chi connectivity index (χ1v) is 11.0. The number of rotatable bonds is 7. The molecule has 1 saturated heterocycles. The van der Waals surface area contributed by atoms with E-state index < -0.39 is 24.3 Å². The molecule has 2 heterocycles. The van der Waals surface area contributed by atoms with Crippen LogP contribution in [0.1, 0.15) is 47.9 Å². The molecule has 0 N–H and O–H groups in total. The fourth-order valence-electron chi connectivity index (χ4n) is 3.33. The minimum Gasteiger partial charge on any atom is -0.454 e. The number of esters is 1. The third-order valence-corrected chi connectivity index (χ3v) is 6.00. The minimum absolute atomic E-state index is 0.427. The van der Waals surface area contributed by atoms with E-state index in [2.05, 4.69) is 22.0 Å². The van der Waals surface area contributed by atoms with Gasteiger partial charge in [-0.2, -0.15) is 5.26 Å². The topological polar surface area (TPSA) is 83.3 Å². The number of carbonyl (C=O) groups is 2. The maximum atomic E-state index is 12.2. The third-order valence-electron chi connectivity index (χ3n) is 4.97. The number of anilines is 1. The van der Waals surface area contributed by atoms with Gasteiger partial charge in [-0.05, 0) is 43.5 Å². The second-order valence-corrected chi connectivity index (χ2v) is 8.18. The number of carbonyl (C=O) groups excluding carboxylic acids is 2. The van der Waals surface area contributed by atoms with Crippen LogP contribution in [0.25, 0.3) is 6.08 Å². The number of Topliss-reactive ketones (excluding diaryl/α,β-unsaturated/α-hetero) is 1. The van der Waals surface area contributed by atoms with E-state index in [1.165, 1.54) is 48.8 Å². The molecule has 7 heteroatoms. The lowest BCUT2D eigenvalue weighted by atomic mass is 10.1. The van der Waals surface area contributed by atoms with Crippen molar-refractivity contribution in [2.75, 3.05) is 24.6 Å². The Balaban J connectivity index is 1.50. The molecule has 1 aliphatic heterocycles. The Bertz CT molecular complexity index is 935. The molecule has 1 atom stereocenters. The monoisotopic (exact) mass is 423 g/mol. The van der Waals surface area contributed by atoms with E-state index in [-0.39, 0.29) is 0 Å². The number of ketones is 1. The van der Waals surface area contributed by atoms with E-state index in [1.54, 1.807) is 18.4 Å². The van der Waals surface area contributed by atoms with E-state index in [9.17, 15) is 14.9 Å². The summed E-state index contributed by atoms with van der Waals surface area (Å²) in [5.41, 5.74) is 2.83. The standard InChI is InChI=1S/C23H25N3O3S/c1-17-16-30-23(25-17)20(14-24)21(27)15-29-22(28)11-8-18-6-9-19(10-7-18)26-12-4-2-3-5-13-26/h6-11,16,20H,2-5,12-13,15H2,1H3/b11-8+/t20-/m0/s1. The molecule has 0 saturated carbocycles. The van der Waals surface area contributed by atoms with Gasteiger partial charge in [-0.1, -0.05) is 25.0 Å². The van der Waals surface area contributed by atoms with Crippen molar-refractivity contribution in [3.05, 3.63) is 52.0 Å². The van der Waals surface area contributed by atoms with Crippen LogP contribution >= 0.6 is 11.3 Å². The van der Waals surface area contributed by atoms with Crippen LogP contribution in [0.2, 0.25) is 0 Å². The third kappa shape index (κ3) is 6.01. The summed E-state index contributed by atoms with van der Waals surface area (Å²) in [6.07, 6.45) is 7.98. The fraction of sp³-hybridized carbons (Fsp3) is 0.391. The molecule has 1 aromatic carbocycles. The van der Waals surface area contributed by atoms with Crippen LogP contribution in [0.4, 0.5) is 5.69 Å². The minimum atomic E-state index is -1.01. The number of benzene rings is 1. The average Bonchev–Trinajstić information content (AvgIpc) is 3.01. The Morgan fingerprint density at radius 2 is 1.93 bits per heavy atom. The van der Waals surface area contributed by atoms with E-state index >= 15 is 0 Å². The Labute approximate surface area is 180 Å². The maximum Gasteiger partial charge on any atom is 0.331 e. The molecule has 30 heavy (non-hydrogen) atoms. The van der Waals surface area contributed by atoms with E-state index in [4.69, 9.17) is 4.74 Å². The van der Waals surface area contributed by atoms with Crippen molar-refractivity contribution < 1.29 is 14.3 Å². The highest BCUT2D eigenvalue weighted by Crippen LogP contribution is 2.21. The predicted octanol–water partition coefficient (Wildman–Crippen LogP) is 4.26. The summed E-state index contributed by atoms with van der Waals surface area (Å²) in [6, 6.07) is 9.99. The molecule has 0 spiro atoms. The second kappa shape index (κ2) is 10.7. The highest BCUT2D eigenvalue weighted by atomic mass is 32.1. The van der Waals surface area contributed by atoms with Crippen LogP contribution in [-0.4, -0.2) is 36.4 Å². The molecule has 0 amide bonds. The number of thiazole rings is 1. The molecule has 0 bridgehead atoms. The zero-order valence-corrected chi connectivity index (χ0v) is 17.9. The number of nitriles is 1. The van der Waals surface area contributed by atoms with Gasteiger partial charge in [0.2, 0.25) is 0 Å². The summed E-state index contributed by atoms with van der Waals surface area (Å²) in [5, 5.41) is 11.5. The SMILES string of the molecule is Cc1csc([C@@H](C#N)C(=O)COC(=O)/C=C/c2ccc(N3CCCCCC3)cc2)n1. The highest BCUT2D eigenvalue weighted by Gasteiger charge is 2.24. The van der Waals surface area contributed by atoms with Crippen molar-refractivity contribution in [1.29, 1.82) is 5.26 Å². The lowest BCUT2D eigenvalue weighted by Gasteiger charge is -2.22. The van der Waals surface area contributed by atoms with Crippen molar-refractivity contribution in [2.24, 2.45) is 0 Å². The average molecular weight is 424 g/mol. The molecule has 156 valence electrons. The highest BCUT2D eigenvalue weighted by molar-refractivity contribution is 7.09. The molecule has 2 aromatic rings. The summed E-state index contributed by atoms with van der Waals surface area (Å²) in [7, 11) is 0. The summed E-state index contributed by atoms with van der Waals surface area (Å²) in [5.74, 6) is -2.10. The molecule has 0 unspecified atom stereocenters. The number of hydrogen-bond donors (Lipinski definition) is 0. The quantitative estimate of drug-likeness (QED) is 0.489. The predicted molar refractivity (Wildman–Crippen MR) is 117 cm³/mol. The van der Waals surface area contributed by atoms with Crippen LogP contribution in [0.15, 0.2) is 35.7 Å². The van der Waals surface area contributed by atoms with Crippen LogP contribution in [0, 0.1) is 18.3 Å². The lowest BCUT2D eigenvalue weighted by molar-refractivity contribution is -0.143. The molecular formula is C23H25N3O3S. The molecule has 1 aromatic heterocycles. The smallest absolute Gasteiger partial charge is 0.331 e. The first kappa shape index (κ1) is 21.7. The summed E-state index contributed by atoms with van der Waals surface area (Å²) >= 11 is 1.25. The Morgan fingerprint density at radius 3 is 2.53 bits per heavy atom. The lowest BCUT2D eigenvalue weighted by Crippen LogP contribution is -2.23. The van der Waals surface area contributed by atoms with Gasteiger partial charge < -0.3 is 9.64 Å². The summed E-state index contributed by atoms with van der Waals surface area (Å²) in [6.45, 7) is 3.51. The van der Waals surface area contributed by atoms with Gasteiger partial charge in [-0.3, -0.25) is 4.79 Å². The number of aryl methyl sites for hydroxylation is 1. The number of aromatic nitrogens is 1. The fourth-order valence-corrected chi connectivity index (χ4v) is 4.19. The maximum absolute atomic E-state index is 12.2. The first-order chi connectivity index (χ1) is 14.6. The Hall–Kier alpha value is -2.98. The molecule has 1 fully saturated rings. The van der Waals surface area contributed by atoms with Gasteiger partial charge in [-0.25, -0.2) is 9.78 Å². The van der Waals surface area contributed by atoms with Gasteiger partial charge in [0.15, 0.2) is 18.3 Å². The van der Waals surface area contributed by atoms with Gasteiger partial charge in [0.25, 0.3) is 0 Å². The van der Waals surface area contributed by atoms with Crippen molar-refractivity contribution in [2.45, 2.75) is 38.5 Å². The van der Waals surface area contributed by atoms with Crippen LogP contribution in [0.5, 0.6) is 0 Å². The van der Waals surface area contributed by atoms with Gasteiger partial charge in [0, 0.05) is 35.9 Å². The molecule has 3 rings (SSSR count). The van der Waals surface area contributed by atoms with Crippen LogP contribution in [0.3, 0.4) is 0 Å². The van der Waals surface area contributed by atoms with Crippen molar-refractivity contribution >= 4 is 34.9 Å². The van der Waals surface area contributed by atoms with Gasteiger partial charge >= 0.3 is 5.97 Å². The largest absolute Gasteiger partial charge is 0.454 e. The number of hydrogen-bond acceptors (Lipinski definition) is 7. The van der Waals surface area contributed by atoms with Gasteiger partial charge in [0.05, 0.1) is 6.07 Å². The number of nitrogens with zero attached hydrogens (tertiary/aromatic N) is 3. The van der Waals surface area contributed by atoms with Crippen molar-refractivity contribution in [3.8, 4) is 6.07 Å². The van der Waals surface area contributed by atoms with Crippen molar-refractivity contribution in [1.82, 2.24) is 4.98 Å². The van der Waals surface area contributed by atoms with Gasteiger partial charge in [0.1, 0.15) is 5.01 Å². The van der Waals surface area contributed by atoms with E-state index in [1.807, 2.05) is 18.2 Å². The normalized spacial score (nSPS) is 15.4. The van der Waals surface area contributed by atoms with E-state index in [0.29, 0.717) is 5.01 Å².